The van der Waals surface area contributed by atoms with Gasteiger partial charge in [-0.1, -0.05) is 0 Å². The maximum Gasteiger partial charge on any atom is 0.410 e. The van der Waals surface area contributed by atoms with Gasteiger partial charge in [0.2, 0.25) is 5.91 Å². The number of hydrogen-bond donors (Lipinski definition) is 2. The highest BCUT2D eigenvalue weighted by Gasteiger charge is 2.47. The summed E-state index contributed by atoms with van der Waals surface area (Å²) < 4.78 is 5.24. The Bertz CT molecular complexity index is 654. The summed E-state index contributed by atoms with van der Waals surface area (Å²) in [5.74, 6) is -0.878. The number of piperidine rings is 1. The van der Waals surface area contributed by atoms with Gasteiger partial charge in [0, 0.05) is 19.6 Å². The van der Waals surface area contributed by atoms with E-state index in [2.05, 4.69) is 5.32 Å². The summed E-state index contributed by atoms with van der Waals surface area (Å²) in [6, 6.07) is -1.51. The quantitative estimate of drug-likeness (QED) is 0.670. The van der Waals surface area contributed by atoms with Gasteiger partial charge in [-0.05, 0) is 33.6 Å². The summed E-state index contributed by atoms with van der Waals surface area (Å²) in [6.45, 7) is 6.05. The van der Waals surface area contributed by atoms with Gasteiger partial charge in [-0.15, -0.1) is 0 Å². The van der Waals surface area contributed by atoms with Crippen LogP contribution >= 0.6 is 0 Å². The summed E-state index contributed by atoms with van der Waals surface area (Å²) in [7, 11) is 0. The Hall–Kier alpha value is -2.36. The third-order valence-electron chi connectivity index (χ3n) is 5.07. The average Bonchev–Trinajstić information content (AvgIpc) is 2.74. The van der Waals surface area contributed by atoms with E-state index in [1.165, 1.54) is 9.80 Å². The van der Waals surface area contributed by atoms with E-state index in [9.17, 15) is 24.4 Å². The number of amides is 4. The number of rotatable bonds is 4. The van der Waals surface area contributed by atoms with E-state index >= 15 is 0 Å². The van der Waals surface area contributed by atoms with Crippen LogP contribution in [0.25, 0.3) is 0 Å². The second kappa shape index (κ2) is 6.99. The normalized spacial score (nSPS) is 25.3. The molecule has 3 heterocycles. The number of carbonyl (C=O) groups excluding carboxylic acids is 4. The number of ketones is 1. The van der Waals surface area contributed by atoms with Crippen molar-refractivity contribution >= 4 is 23.8 Å². The van der Waals surface area contributed by atoms with Crippen LogP contribution in [0.3, 0.4) is 0 Å². The second-order valence-corrected chi connectivity index (χ2v) is 8.29. The molecule has 0 saturated carbocycles. The van der Waals surface area contributed by atoms with E-state index in [1.54, 1.807) is 20.8 Å². The second-order valence-electron chi connectivity index (χ2n) is 8.29. The third kappa shape index (κ3) is 4.00. The molecule has 0 aromatic rings. The average molecular weight is 382 g/mol. The van der Waals surface area contributed by atoms with Gasteiger partial charge in [0.1, 0.15) is 11.6 Å². The highest BCUT2D eigenvalue weighted by atomic mass is 16.6. The SMILES string of the molecule is CC(C)(C)OC(=O)N1CC(C(=O)CNC(=O)[C@@H]2CC[C@@H]3CN2C(=O)N3O)C1. The first kappa shape index (κ1) is 19.4. The van der Waals surface area contributed by atoms with Crippen LogP contribution in [0.4, 0.5) is 9.59 Å². The fraction of sp³-hybridized carbons (Fsp3) is 0.765. The van der Waals surface area contributed by atoms with Crippen molar-refractivity contribution in [3.8, 4) is 0 Å². The zero-order valence-electron chi connectivity index (χ0n) is 15.8. The molecule has 3 aliphatic heterocycles. The lowest BCUT2D eigenvalue weighted by Gasteiger charge is -2.39. The lowest BCUT2D eigenvalue weighted by atomic mass is 9.95. The van der Waals surface area contributed by atoms with Crippen molar-refractivity contribution in [1.29, 1.82) is 0 Å². The molecule has 2 atom stereocenters. The Balaban J connectivity index is 1.42. The third-order valence-corrected chi connectivity index (χ3v) is 5.07. The first-order valence-corrected chi connectivity index (χ1v) is 9.14. The number of nitrogens with zero attached hydrogens (tertiary/aromatic N) is 3. The van der Waals surface area contributed by atoms with Crippen molar-refractivity contribution in [2.24, 2.45) is 5.92 Å². The molecule has 3 rings (SSSR count). The molecule has 3 aliphatic rings. The highest BCUT2D eigenvalue weighted by Crippen LogP contribution is 2.28. The van der Waals surface area contributed by atoms with Crippen molar-refractivity contribution in [1.82, 2.24) is 20.2 Å². The molecule has 10 nitrogen and oxygen atoms in total. The highest BCUT2D eigenvalue weighted by molar-refractivity contribution is 5.93. The Morgan fingerprint density at radius 2 is 1.85 bits per heavy atom. The van der Waals surface area contributed by atoms with Gasteiger partial charge < -0.3 is 19.9 Å². The van der Waals surface area contributed by atoms with Crippen molar-refractivity contribution in [2.75, 3.05) is 26.2 Å². The maximum atomic E-state index is 12.4. The zero-order valence-corrected chi connectivity index (χ0v) is 15.8. The van der Waals surface area contributed by atoms with Crippen LogP contribution < -0.4 is 5.32 Å². The summed E-state index contributed by atoms with van der Waals surface area (Å²) in [6.07, 6.45) is 0.537. The van der Waals surface area contributed by atoms with E-state index in [1.807, 2.05) is 0 Å². The number of Topliss-reactive ketones (excluding diaryl/α,β-unsaturated/α-hetero) is 1. The van der Waals surface area contributed by atoms with Crippen LogP contribution in [0.2, 0.25) is 0 Å². The molecule has 0 aliphatic carbocycles. The number of ether oxygens (including phenoxy) is 1. The number of likely N-dealkylation sites (tertiary alicyclic amines) is 1. The van der Waals surface area contributed by atoms with E-state index in [-0.39, 0.29) is 37.4 Å². The minimum atomic E-state index is -0.668. The molecule has 150 valence electrons. The predicted molar refractivity (Wildman–Crippen MR) is 91.9 cm³/mol. The van der Waals surface area contributed by atoms with Crippen molar-refractivity contribution < 1.29 is 29.1 Å². The minimum Gasteiger partial charge on any atom is -0.444 e. The van der Waals surface area contributed by atoms with Crippen LogP contribution in [0, 0.1) is 5.92 Å². The van der Waals surface area contributed by atoms with Gasteiger partial charge in [-0.3, -0.25) is 14.8 Å². The standard InChI is InChI=1S/C17H26N4O6/c1-17(2,3)27-16(25)19-7-10(8-19)13(22)6-18-14(23)12-5-4-11-9-20(12)15(24)21(11)26/h10-12,26H,4-9H2,1-3H3,(H,18,23)/t11-,12+/m1/s1. The van der Waals surface area contributed by atoms with Crippen LogP contribution in [-0.2, 0) is 14.3 Å². The fourth-order valence-corrected chi connectivity index (χ4v) is 3.52. The van der Waals surface area contributed by atoms with E-state index in [0.29, 0.717) is 24.4 Å². The number of urea groups is 1. The van der Waals surface area contributed by atoms with Gasteiger partial charge in [-0.25, -0.2) is 14.7 Å². The molecule has 0 aromatic carbocycles. The van der Waals surface area contributed by atoms with E-state index < -0.39 is 29.7 Å². The van der Waals surface area contributed by atoms with Crippen molar-refractivity contribution in [3.05, 3.63) is 0 Å². The summed E-state index contributed by atoms with van der Waals surface area (Å²) in [5.41, 5.74) is -0.587. The van der Waals surface area contributed by atoms with Crippen LogP contribution in [0.1, 0.15) is 33.6 Å². The molecule has 0 aromatic heterocycles. The van der Waals surface area contributed by atoms with Gasteiger partial charge in [-0.2, -0.15) is 0 Å². The zero-order chi connectivity index (χ0) is 19.9. The molecule has 0 unspecified atom stereocenters. The number of hydrogen-bond acceptors (Lipinski definition) is 6. The van der Waals surface area contributed by atoms with Crippen LogP contribution in [0.15, 0.2) is 0 Å². The molecule has 27 heavy (non-hydrogen) atoms. The molecule has 2 N–H and O–H groups in total. The van der Waals surface area contributed by atoms with E-state index in [4.69, 9.17) is 4.74 Å². The summed E-state index contributed by atoms with van der Waals surface area (Å²) in [4.78, 5) is 51.1. The molecule has 3 fully saturated rings. The predicted octanol–water partition coefficient (Wildman–Crippen LogP) is 0.196. The smallest absolute Gasteiger partial charge is 0.410 e. The molecule has 10 heteroatoms. The first-order valence-electron chi connectivity index (χ1n) is 9.14. The minimum absolute atomic E-state index is 0.142. The molecule has 2 bridgehead atoms. The Morgan fingerprint density at radius 3 is 2.48 bits per heavy atom. The molecular weight excluding hydrogens is 356 g/mol. The van der Waals surface area contributed by atoms with Crippen LogP contribution in [0.5, 0.6) is 0 Å². The Morgan fingerprint density at radius 1 is 1.19 bits per heavy atom. The van der Waals surface area contributed by atoms with Crippen LogP contribution in [-0.4, -0.2) is 87.7 Å². The topological polar surface area (TPSA) is 119 Å². The summed E-state index contributed by atoms with van der Waals surface area (Å²) >= 11 is 0. The number of fused-ring (bicyclic) bond motifs is 2. The number of hydroxylamine groups is 2. The molecule has 4 amide bonds. The number of carbonyl (C=O) groups is 4. The maximum absolute atomic E-state index is 12.4. The molecular formula is C17H26N4O6. The first-order chi connectivity index (χ1) is 12.6. The Kier molecular flexibility index (Phi) is 5.02. The van der Waals surface area contributed by atoms with Gasteiger partial charge in [0.05, 0.1) is 18.5 Å². The number of nitrogens with one attached hydrogen (secondary N) is 1. The largest absolute Gasteiger partial charge is 0.444 e. The van der Waals surface area contributed by atoms with Gasteiger partial charge in [0.25, 0.3) is 0 Å². The van der Waals surface area contributed by atoms with Crippen molar-refractivity contribution in [3.63, 3.8) is 0 Å². The van der Waals surface area contributed by atoms with E-state index in [0.717, 1.165) is 0 Å². The molecule has 3 saturated heterocycles. The Labute approximate surface area is 157 Å². The van der Waals surface area contributed by atoms with Gasteiger partial charge in [0.15, 0.2) is 5.78 Å². The lowest BCUT2D eigenvalue weighted by molar-refractivity contribution is -0.132. The lowest BCUT2D eigenvalue weighted by Crippen LogP contribution is -2.56. The van der Waals surface area contributed by atoms with Crippen molar-refractivity contribution in [2.45, 2.75) is 51.3 Å². The molecule has 0 radical (unpaired) electrons. The van der Waals surface area contributed by atoms with Gasteiger partial charge >= 0.3 is 12.1 Å². The fourth-order valence-electron chi connectivity index (χ4n) is 3.52. The molecule has 0 spiro atoms. The summed E-state index contributed by atoms with van der Waals surface area (Å²) in [5, 5.41) is 12.9. The monoisotopic (exact) mass is 382 g/mol.